The first-order valence-electron chi connectivity index (χ1n) is 5.83. The van der Waals surface area contributed by atoms with Crippen LogP contribution >= 0.6 is 0 Å². The molecule has 0 amide bonds. The maximum absolute atomic E-state index is 9.08. The smallest absolute Gasteiger partial charge is 0.150 e. The summed E-state index contributed by atoms with van der Waals surface area (Å²) >= 11 is 0. The zero-order chi connectivity index (χ0) is 14.0. The molecule has 0 aliphatic heterocycles. The second-order valence-electron chi connectivity index (χ2n) is 4.01. The van der Waals surface area contributed by atoms with Gasteiger partial charge in [-0.2, -0.15) is 5.26 Å². The van der Waals surface area contributed by atoms with Crippen LogP contribution in [-0.4, -0.2) is 16.8 Å². The van der Waals surface area contributed by atoms with E-state index in [2.05, 4.69) is 11.1 Å². The first-order valence-corrected chi connectivity index (χ1v) is 5.83. The highest BCUT2D eigenvalue weighted by atomic mass is 16.5. The number of ether oxygens (including phenoxy) is 1. The molecule has 98 valence electrons. The van der Waals surface area contributed by atoms with E-state index in [0.29, 0.717) is 35.1 Å². The second kappa shape index (κ2) is 4.90. The minimum atomic E-state index is 0.380. The van der Waals surface area contributed by atoms with Crippen LogP contribution in [0.3, 0.4) is 0 Å². The van der Waals surface area contributed by atoms with E-state index >= 15 is 0 Å². The highest BCUT2D eigenvalue weighted by Crippen LogP contribution is 2.29. The molecular formula is C13H15N5O. The normalized spacial score (nSPS) is 10.2. The molecule has 2 aromatic rings. The molecule has 0 aliphatic carbocycles. The first kappa shape index (κ1) is 12.8. The van der Waals surface area contributed by atoms with Gasteiger partial charge in [-0.3, -0.25) is 0 Å². The zero-order valence-corrected chi connectivity index (χ0v) is 10.8. The summed E-state index contributed by atoms with van der Waals surface area (Å²) in [6.45, 7) is 1.95. The third kappa shape index (κ3) is 2.06. The Labute approximate surface area is 111 Å². The van der Waals surface area contributed by atoms with Crippen molar-refractivity contribution in [3.8, 4) is 23.1 Å². The molecule has 0 unspecified atom stereocenters. The van der Waals surface area contributed by atoms with Crippen LogP contribution < -0.4 is 16.3 Å². The van der Waals surface area contributed by atoms with Crippen molar-refractivity contribution in [3.63, 3.8) is 0 Å². The number of aromatic nitrogens is 2. The van der Waals surface area contributed by atoms with Gasteiger partial charge in [0.2, 0.25) is 0 Å². The molecule has 0 saturated carbocycles. The predicted octanol–water partition coefficient (Wildman–Crippen LogP) is 1.29. The number of nitrogens with two attached hydrogens (primary N) is 2. The highest BCUT2D eigenvalue weighted by Gasteiger charge is 2.15. The molecule has 1 aromatic heterocycles. The van der Waals surface area contributed by atoms with E-state index in [1.165, 1.54) is 11.8 Å². The van der Waals surface area contributed by atoms with E-state index in [0.717, 1.165) is 5.56 Å². The summed E-state index contributed by atoms with van der Waals surface area (Å²) in [5.41, 5.74) is 7.69. The van der Waals surface area contributed by atoms with Crippen molar-refractivity contribution in [2.75, 3.05) is 18.7 Å². The Morgan fingerprint density at radius 2 is 2.21 bits per heavy atom. The number of rotatable bonds is 3. The molecule has 4 N–H and O–H groups in total. The molecule has 1 aromatic carbocycles. The molecule has 6 nitrogen and oxygen atoms in total. The number of hydrogen-bond donors (Lipinski definition) is 2. The standard InChI is InChI=1S/C13H15N5O/c1-3-11-17-12(13(15)18(11)16)8-4-5-10(19-2)9(6-8)7-14/h4-6H,3,15-16H2,1-2H3. The van der Waals surface area contributed by atoms with Gasteiger partial charge in [0, 0.05) is 12.0 Å². The lowest BCUT2D eigenvalue weighted by Crippen LogP contribution is -2.14. The van der Waals surface area contributed by atoms with Crippen molar-refractivity contribution in [2.24, 2.45) is 0 Å². The maximum Gasteiger partial charge on any atom is 0.150 e. The van der Waals surface area contributed by atoms with Gasteiger partial charge in [-0.05, 0) is 18.2 Å². The van der Waals surface area contributed by atoms with Gasteiger partial charge >= 0.3 is 0 Å². The molecule has 0 spiro atoms. The molecule has 0 saturated heterocycles. The number of imidazole rings is 1. The number of nitriles is 1. The Bertz CT molecular complexity index is 654. The quantitative estimate of drug-likeness (QED) is 0.806. The van der Waals surface area contributed by atoms with Crippen LogP contribution in [0.25, 0.3) is 11.3 Å². The minimum absolute atomic E-state index is 0.380. The molecule has 0 bridgehead atoms. The van der Waals surface area contributed by atoms with Crippen LogP contribution in [0.4, 0.5) is 5.82 Å². The van der Waals surface area contributed by atoms with Crippen molar-refractivity contribution < 1.29 is 4.74 Å². The topological polar surface area (TPSA) is 103 Å². The summed E-state index contributed by atoms with van der Waals surface area (Å²) in [6, 6.07) is 7.29. The molecule has 6 heteroatoms. The van der Waals surface area contributed by atoms with Gasteiger partial charge < -0.3 is 16.3 Å². The fourth-order valence-electron chi connectivity index (χ4n) is 1.90. The number of hydrogen-bond acceptors (Lipinski definition) is 5. The molecular weight excluding hydrogens is 242 g/mol. The number of anilines is 1. The van der Waals surface area contributed by atoms with Gasteiger partial charge in [-0.25, -0.2) is 9.66 Å². The van der Waals surface area contributed by atoms with Crippen LogP contribution in [0, 0.1) is 11.3 Å². The van der Waals surface area contributed by atoms with Gasteiger partial charge in [-0.1, -0.05) is 6.92 Å². The van der Waals surface area contributed by atoms with Crippen molar-refractivity contribution in [3.05, 3.63) is 29.6 Å². The molecule has 0 atom stereocenters. The summed E-state index contributed by atoms with van der Waals surface area (Å²) in [5, 5.41) is 9.08. The lowest BCUT2D eigenvalue weighted by molar-refractivity contribution is 0.413. The molecule has 0 fully saturated rings. The number of aryl methyl sites for hydroxylation is 1. The second-order valence-corrected chi connectivity index (χ2v) is 4.01. The summed E-state index contributed by atoms with van der Waals surface area (Å²) < 4.78 is 6.47. The van der Waals surface area contributed by atoms with Crippen molar-refractivity contribution in [1.29, 1.82) is 5.26 Å². The predicted molar refractivity (Wildman–Crippen MR) is 72.9 cm³/mol. The third-order valence-corrected chi connectivity index (χ3v) is 2.93. The van der Waals surface area contributed by atoms with Gasteiger partial charge in [0.05, 0.1) is 12.7 Å². The molecule has 0 aliphatic rings. The zero-order valence-electron chi connectivity index (χ0n) is 10.8. The van der Waals surface area contributed by atoms with Gasteiger partial charge in [0.25, 0.3) is 0 Å². The van der Waals surface area contributed by atoms with Crippen molar-refractivity contribution in [1.82, 2.24) is 9.66 Å². The van der Waals surface area contributed by atoms with E-state index < -0.39 is 0 Å². The van der Waals surface area contributed by atoms with Gasteiger partial charge in [-0.15, -0.1) is 0 Å². The fourth-order valence-corrected chi connectivity index (χ4v) is 1.90. The summed E-state index contributed by atoms with van der Waals surface area (Å²) in [5.74, 6) is 7.41. The lowest BCUT2D eigenvalue weighted by atomic mass is 10.1. The van der Waals surface area contributed by atoms with Crippen LogP contribution in [0.15, 0.2) is 18.2 Å². The molecule has 19 heavy (non-hydrogen) atoms. The first-order chi connectivity index (χ1) is 9.12. The number of benzene rings is 1. The summed E-state index contributed by atoms with van der Waals surface area (Å²) in [7, 11) is 1.52. The Balaban J connectivity index is 2.57. The number of methoxy groups -OCH3 is 1. The maximum atomic E-state index is 9.08. The number of nitrogens with zero attached hydrogens (tertiary/aromatic N) is 3. The van der Waals surface area contributed by atoms with E-state index in [1.807, 2.05) is 6.92 Å². The fraction of sp³-hybridized carbons (Fsp3) is 0.231. The minimum Gasteiger partial charge on any atom is -0.495 e. The molecule has 0 radical (unpaired) electrons. The monoisotopic (exact) mass is 257 g/mol. The Hall–Kier alpha value is -2.68. The van der Waals surface area contributed by atoms with E-state index in [4.69, 9.17) is 21.6 Å². The van der Waals surface area contributed by atoms with Crippen molar-refractivity contribution >= 4 is 5.82 Å². The Kier molecular flexibility index (Phi) is 3.29. The van der Waals surface area contributed by atoms with Crippen LogP contribution in [0.2, 0.25) is 0 Å². The highest BCUT2D eigenvalue weighted by molar-refractivity contribution is 5.73. The van der Waals surface area contributed by atoms with E-state index in [1.54, 1.807) is 18.2 Å². The average Bonchev–Trinajstić information content (AvgIpc) is 2.74. The van der Waals surface area contributed by atoms with Crippen molar-refractivity contribution in [2.45, 2.75) is 13.3 Å². The summed E-state index contributed by atoms with van der Waals surface area (Å²) in [4.78, 5) is 4.39. The third-order valence-electron chi connectivity index (χ3n) is 2.93. The van der Waals surface area contributed by atoms with Crippen LogP contribution in [0.1, 0.15) is 18.3 Å². The van der Waals surface area contributed by atoms with E-state index in [9.17, 15) is 0 Å². The van der Waals surface area contributed by atoms with Crippen LogP contribution in [0.5, 0.6) is 5.75 Å². The Morgan fingerprint density at radius 3 is 2.74 bits per heavy atom. The van der Waals surface area contributed by atoms with Gasteiger partial charge in [0.1, 0.15) is 23.3 Å². The Morgan fingerprint density at radius 1 is 1.47 bits per heavy atom. The SMILES string of the molecule is CCc1nc(-c2ccc(OC)c(C#N)c2)c(N)n1N. The lowest BCUT2D eigenvalue weighted by Gasteiger charge is -2.05. The molecule has 1 heterocycles. The number of nitrogen functional groups attached to an aromatic ring is 2. The van der Waals surface area contributed by atoms with Crippen LogP contribution in [-0.2, 0) is 6.42 Å². The van der Waals surface area contributed by atoms with Gasteiger partial charge in [0.15, 0.2) is 5.82 Å². The molecule has 2 rings (SSSR count). The largest absolute Gasteiger partial charge is 0.495 e. The average molecular weight is 257 g/mol. The summed E-state index contributed by atoms with van der Waals surface area (Å²) in [6.07, 6.45) is 0.683. The van der Waals surface area contributed by atoms with E-state index in [-0.39, 0.29) is 0 Å².